The van der Waals surface area contributed by atoms with Crippen molar-refractivity contribution in [1.82, 2.24) is 9.38 Å². The second-order valence-electron chi connectivity index (χ2n) is 7.16. The number of imidazole rings is 1. The minimum Gasteiger partial charge on any atom is -0.755 e. The summed E-state index contributed by atoms with van der Waals surface area (Å²) in [6.45, 7) is 2.24. The third kappa shape index (κ3) is 2.98. The van der Waals surface area contributed by atoms with Gasteiger partial charge >= 0.3 is 5.97 Å². The van der Waals surface area contributed by atoms with Gasteiger partial charge < -0.3 is 14.0 Å². The van der Waals surface area contributed by atoms with Crippen molar-refractivity contribution in [3.8, 4) is 0 Å². The fourth-order valence-electron chi connectivity index (χ4n) is 3.99. The summed E-state index contributed by atoms with van der Waals surface area (Å²) in [6.07, 6.45) is 3.76. The molecule has 8 nitrogen and oxygen atoms in total. The van der Waals surface area contributed by atoms with Gasteiger partial charge in [-0.2, -0.15) is 0 Å². The van der Waals surface area contributed by atoms with E-state index in [0.29, 0.717) is 23.0 Å². The summed E-state index contributed by atoms with van der Waals surface area (Å²) in [5.41, 5.74) is -0.448. The second-order valence-corrected chi connectivity index (χ2v) is 8.95. The van der Waals surface area contributed by atoms with Gasteiger partial charge in [0.1, 0.15) is 5.00 Å². The van der Waals surface area contributed by atoms with Gasteiger partial charge in [0.05, 0.1) is 19.4 Å². The largest absolute Gasteiger partial charge is 0.755 e. The van der Waals surface area contributed by atoms with E-state index in [0.717, 1.165) is 15.6 Å². The molecule has 0 spiro atoms. The van der Waals surface area contributed by atoms with Crippen LogP contribution in [-0.2, 0) is 37.6 Å². The fourth-order valence-corrected chi connectivity index (χ4v) is 6.04. The first kappa shape index (κ1) is 20.0. The first-order valence-electron chi connectivity index (χ1n) is 8.87. The van der Waals surface area contributed by atoms with Crippen LogP contribution in [0.2, 0.25) is 0 Å². The first-order valence-corrected chi connectivity index (χ1v) is 10.7. The Labute approximate surface area is 174 Å². The van der Waals surface area contributed by atoms with Crippen LogP contribution in [0.3, 0.4) is 0 Å². The van der Waals surface area contributed by atoms with Crippen molar-refractivity contribution in [3.05, 3.63) is 54.0 Å². The zero-order valence-corrected chi connectivity index (χ0v) is 17.8. The third-order valence-corrected chi connectivity index (χ3v) is 7.42. The Bertz CT molecular complexity index is 1050. The van der Waals surface area contributed by atoms with Gasteiger partial charge in [0.15, 0.2) is 10.5 Å². The molecule has 0 radical (unpaired) electrons. The summed E-state index contributed by atoms with van der Waals surface area (Å²) in [7, 11) is 2.86. The molecule has 3 atom stereocenters. The van der Waals surface area contributed by atoms with Crippen molar-refractivity contribution in [3.63, 3.8) is 0 Å². The maximum absolute atomic E-state index is 12.9. The van der Waals surface area contributed by atoms with Crippen LogP contribution in [-0.4, -0.2) is 43.9 Å². The van der Waals surface area contributed by atoms with E-state index < -0.39 is 28.2 Å². The van der Waals surface area contributed by atoms with E-state index in [1.165, 1.54) is 18.4 Å². The summed E-state index contributed by atoms with van der Waals surface area (Å²) < 4.78 is 37.8. The lowest BCUT2D eigenvalue weighted by molar-refractivity contribution is -0.143. The smallest absolute Gasteiger partial charge is 0.333 e. The molecule has 0 bridgehead atoms. The number of thiazole rings is 1. The van der Waals surface area contributed by atoms with Crippen molar-refractivity contribution >= 4 is 38.5 Å². The van der Waals surface area contributed by atoms with E-state index in [2.05, 4.69) is 4.98 Å². The topological polar surface area (TPSA) is 96.2 Å². The molecule has 0 saturated heterocycles. The third-order valence-electron chi connectivity index (χ3n) is 5.51. The molecule has 154 valence electrons. The summed E-state index contributed by atoms with van der Waals surface area (Å²) in [6, 6.07) is 9.42. The number of fused-ring (bicyclic) bond motifs is 1. The maximum atomic E-state index is 12.9. The van der Waals surface area contributed by atoms with E-state index in [-0.39, 0.29) is 0 Å². The van der Waals surface area contributed by atoms with Gasteiger partial charge in [-0.3, -0.25) is 12.9 Å². The molecular formula is C19H20N3O5S2-. The van der Waals surface area contributed by atoms with Crippen LogP contribution in [0.4, 0.5) is 5.00 Å². The molecule has 1 aromatic carbocycles. The van der Waals surface area contributed by atoms with Crippen LogP contribution in [0.25, 0.3) is 4.96 Å². The van der Waals surface area contributed by atoms with Gasteiger partial charge in [-0.15, -0.1) is 0 Å². The summed E-state index contributed by atoms with van der Waals surface area (Å²) in [4.78, 5) is 18.0. The van der Waals surface area contributed by atoms with Gasteiger partial charge in [0, 0.05) is 36.2 Å². The molecule has 1 fully saturated rings. The first-order chi connectivity index (χ1) is 13.9. The van der Waals surface area contributed by atoms with Crippen molar-refractivity contribution < 1.29 is 23.0 Å². The molecule has 2 heterocycles. The van der Waals surface area contributed by atoms with Crippen molar-refractivity contribution in [2.45, 2.75) is 30.9 Å². The molecule has 3 unspecified atom stereocenters. The highest BCUT2D eigenvalue weighted by atomic mass is 32.2. The number of methoxy groups -OCH3 is 2. The summed E-state index contributed by atoms with van der Waals surface area (Å²) in [5.74, 6) is -0.584. The van der Waals surface area contributed by atoms with E-state index >= 15 is 0 Å². The van der Waals surface area contributed by atoms with Gasteiger partial charge in [0.25, 0.3) is 0 Å². The Balaban J connectivity index is 1.81. The average molecular weight is 435 g/mol. The van der Waals surface area contributed by atoms with Crippen LogP contribution in [0.5, 0.6) is 0 Å². The second kappa shape index (κ2) is 7.21. The van der Waals surface area contributed by atoms with Crippen molar-refractivity contribution in [2.24, 2.45) is 0 Å². The minimum atomic E-state index is -2.70. The van der Waals surface area contributed by atoms with Crippen LogP contribution in [0.15, 0.2) is 42.7 Å². The number of carbonyl (C=O) groups excluding carboxylic acids is 1. The number of esters is 1. The van der Waals surface area contributed by atoms with Gasteiger partial charge in [-0.1, -0.05) is 48.6 Å². The monoisotopic (exact) mass is 434 g/mol. The van der Waals surface area contributed by atoms with Crippen molar-refractivity contribution in [2.75, 3.05) is 18.5 Å². The van der Waals surface area contributed by atoms with E-state index in [1.54, 1.807) is 23.9 Å². The minimum absolute atomic E-state index is 0.319. The Morgan fingerprint density at radius 2 is 2.07 bits per heavy atom. The van der Waals surface area contributed by atoms with Crippen LogP contribution >= 0.6 is 11.3 Å². The lowest BCUT2D eigenvalue weighted by atomic mass is 9.92. The molecule has 2 aromatic heterocycles. The molecule has 0 aliphatic heterocycles. The number of ether oxygens (including phenoxy) is 2. The Morgan fingerprint density at radius 1 is 1.34 bits per heavy atom. The summed E-state index contributed by atoms with van der Waals surface area (Å²) >= 11 is -1.50. The van der Waals surface area contributed by atoms with Crippen LogP contribution in [0.1, 0.15) is 24.6 Å². The maximum Gasteiger partial charge on any atom is 0.333 e. The molecule has 4 rings (SSSR count). The predicted octanol–water partition coefficient (Wildman–Crippen LogP) is 2.42. The predicted molar refractivity (Wildman–Crippen MR) is 108 cm³/mol. The number of rotatable bonds is 7. The molecule has 1 aliphatic carbocycles. The molecule has 3 aromatic rings. The number of nitrogens with zero attached hydrogens (tertiary/aromatic N) is 3. The quantitative estimate of drug-likeness (QED) is 0.419. The van der Waals surface area contributed by atoms with Gasteiger partial charge in [-0.25, -0.2) is 9.78 Å². The molecule has 10 heteroatoms. The molecular weight excluding hydrogens is 414 g/mol. The Hall–Kier alpha value is -2.27. The zero-order valence-electron chi connectivity index (χ0n) is 16.2. The lowest BCUT2D eigenvalue weighted by Crippen LogP contribution is -2.50. The van der Waals surface area contributed by atoms with Crippen LogP contribution < -0.4 is 4.31 Å². The number of benzene rings is 1. The normalized spacial score (nSPS) is 24.4. The van der Waals surface area contributed by atoms with Crippen molar-refractivity contribution in [1.29, 1.82) is 0 Å². The Morgan fingerprint density at radius 3 is 2.66 bits per heavy atom. The Kier molecular flexibility index (Phi) is 4.97. The molecule has 29 heavy (non-hydrogen) atoms. The number of aromatic nitrogens is 2. The lowest BCUT2D eigenvalue weighted by Gasteiger charge is -2.35. The van der Waals surface area contributed by atoms with Crippen LogP contribution in [0, 0.1) is 0 Å². The summed E-state index contributed by atoms with van der Waals surface area (Å²) in [5, 5.41) is 0.398. The van der Waals surface area contributed by atoms with E-state index in [4.69, 9.17) is 9.47 Å². The number of hydrogen-bond acceptors (Lipinski definition) is 7. The molecule has 1 aliphatic rings. The van der Waals surface area contributed by atoms with E-state index in [9.17, 15) is 13.6 Å². The molecule has 0 amide bonds. The molecule has 0 N–H and O–H groups in total. The molecule has 1 saturated carbocycles. The zero-order chi connectivity index (χ0) is 20.8. The SMILES string of the molecule is COCc1cn2cc(N(S(=O)[O-])C3(C(=O)OC)CC3(C)c3ccccc3)sc2n1. The fraction of sp³-hybridized carbons (Fsp3) is 0.368. The number of carbonyl (C=O) groups is 1. The standard InChI is InChI=1S/C19H21N3O5S2/c1-18(13-7-5-4-6-8-13)12-19(18,16(23)27-3)22(29(24)25)15-10-21-9-14(11-26-2)20-17(21)28-15/h4-10H,11-12H2,1-3H3,(H,24,25)/p-1. The average Bonchev–Trinajstić information content (AvgIpc) is 2.96. The van der Waals surface area contributed by atoms with Gasteiger partial charge in [-0.05, 0) is 12.0 Å². The highest BCUT2D eigenvalue weighted by molar-refractivity contribution is 7.81. The van der Waals surface area contributed by atoms with E-state index in [1.807, 2.05) is 37.3 Å². The van der Waals surface area contributed by atoms with Gasteiger partial charge in [0.2, 0.25) is 0 Å². The highest BCUT2D eigenvalue weighted by Gasteiger charge is 2.75. The highest BCUT2D eigenvalue weighted by Crippen LogP contribution is 2.63. The number of hydrogen-bond donors (Lipinski definition) is 0. The number of anilines is 1.